The molecule has 1 aromatic rings. The monoisotopic (exact) mass is 222 g/mol. The van der Waals surface area contributed by atoms with E-state index in [1.54, 1.807) is 0 Å². The highest BCUT2D eigenvalue weighted by Gasteiger charge is 2.19. The van der Waals surface area contributed by atoms with Crippen LogP contribution in [0.2, 0.25) is 0 Å². The summed E-state index contributed by atoms with van der Waals surface area (Å²) in [5, 5.41) is 9.03. The van der Waals surface area contributed by atoms with Gasteiger partial charge < -0.3 is 9.84 Å². The summed E-state index contributed by atoms with van der Waals surface area (Å²) < 4.78 is 5.36. The van der Waals surface area contributed by atoms with E-state index in [9.17, 15) is 4.79 Å². The SMILES string of the molecule is Cc1cccc(C[C@H](OC(C)C)C(=O)O)c1. The topological polar surface area (TPSA) is 46.5 Å². The molecule has 1 rings (SSSR count). The Morgan fingerprint density at radius 1 is 1.44 bits per heavy atom. The molecule has 0 unspecified atom stereocenters. The van der Waals surface area contributed by atoms with Crippen molar-refractivity contribution < 1.29 is 14.6 Å². The molecule has 0 bridgehead atoms. The van der Waals surface area contributed by atoms with Gasteiger partial charge in [-0.3, -0.25) is 0 Å². The van der Waals surface area contributed by atoms with Crippen LogP contribution in [0.3, 0.4) is 0 Å². The molecule has 1 aromatic carbocycles. The first-order valence-electron chi connectivity index (χ1n) is 5.43. The molecule has 1 N–H and O–H groups in total. The molecular weight excluding hydrogens is 204 g/mol. The van der Waals surface area contributed by atoms with E-state index in [2.05, 4.69) is 0 Å². The summed E-state index contributed by atoms with van der Waals surface area (Å²) in [4.78, 5) is 11.0. The maximum Gasteiger partial charge on any atom is 0.333 e. The Kier molecular flexibility index (Phi) is 4.50. The van der Waals surface area contributed by atoms with Crippen LogP contribution < -0.4 is 0 Å². The third kappa shape index (κ3) is 4.03. The molecular formula is C13H18O3. The van der Waals surface area contributed by atoms with E-state index in [0.717, 1.165) is 11.1 Å². The molecule has 0 saturated heterocycles. The van der Waals surface area contributed by atoms with E-state index in [-0.39, 0.29) is 6.10 Å². The summed E-state index contributed by atoms with van der Waals surface area (Å²) in [5.74, 6) is -0.907. The number of hydrogen-bond donors (Lipinski definition) is 1. The second kappa shape index (κ2) is 5.66. The lowest BCUT2D eigenvalue weighted by atomic mass is 10.1. The first-order valence-corrected chi connectivity index (χ1v) is 5.43. The zero-order valence-electron chi connectivity index (χ0n) is 9.93. The highest BCUT2D eigenvalue weighted by atomic mass is 16.5. The summed E-state index contributed by atoms with van der Waals surface area (Å²) in [6.07, 6.45) is -0.428. The molecule has 3 nitrogen and oxygen atoms in total. The van der Waals surface area contributed by atoms with Crippen molar-refractivity contribution >= 4 is 5.97 Å². The van der Waals surface area contributed by atoms with E-state index >= 15 is 0 Å². The van der Waals surface area contributed by atoms with Gasteiger partial charge in [-0.2, -0.15) is 0 Å². The molecule has 0 amide bonds. The van der Waals surface area contributed by atoms with Crippen LogP contribution in [0, 0.1) is 6.92 Å². The van der Waals surface area contributed by atoms with Crippen LogP contribution in [0.25, 0.3) is 0 Å². The largest absolute Gasteiger partial charge is 0.479 e. The molecule has 1 atom stereocenters. The minimum absolute atomic E-state index is 0.0779. The number of carbonyl (C=O) groups is 1. The van der Waals surface area contributed by atoms with Crippen LogP contribution in [0.4, 0.5) is 0 Å². The fraction of sp³-hybridized carbons (Fsp3) is 0.462. The van der Waals surface area contributed by atoms with Crippen molar-refractivity contribution in [3.63, 3.8) is 0 Å². The third-order valence-corrected chi connectivity index (χ3v) is 2.22. The molecule has 3 heteroatoms. The van der Waals surface area contributed by atoms with Gasteiger partial charge in [0.05, 0.1) is 6.10 Å². The quantitative estimate of drug-likeness (QED) is 0.832. The van der Waals surface area contributed by atoms with Gasteiger partial charge in [0, 0.05) is 6.42 Å². The van der Waals surface area contributed by atoms with Crippen LogP contribution >= 0.6 is 0 Å². The van der Waals surface area contributed by atoms with E-state index in [1.807, 2.05) is 45.0 Å². The summed E-state index contributed by atoms with van der Waals surface area (Å²) >= 11 is 0. The van der Waals surface area contributed by atoms with E-state index in [4.69, 9.17) is 9.84 Å². The molecule has 0 fully saturated rings. The average Bonchev–Trinajstić information content (AvgIpc) is 2.15. The van der Waals surface area contributed by atoms with Gasteiger partial charge in [-0.15, -0.1) is 0 Å². The van der Waals surface area contributed by atoms with Crippen molar-refractivity contribution in [2.75, 3.05) is 0 Å². The Morgan fingerprint density at radius 3 is 2.62 bits per heavy atom. The highest BCUT2D eigenvalue weighted by molar-refractivity contribution is 5.72. The van der Waals surface area contributed by atoms with Crippen molar-refractivity contribution in [1.82, 2.24) is 0 Å². The number of aliphatic carboxylic acids is 1. The van der Waals surface area contributed by atoms with Crippen LogP contribution in [-0.4, -0.2) is 23.3 Å². The predicted octanol–water partition coefficient (Wildman–Crippen LogP) is 2.42. The zero-order chi connectivity index (χ0) is 12.1. The lowest BCUT2D eigenvalue weighted by Gasteiger charge is -2.16. The van der Waals surface area contributed by atoms with Gasteiger partial charge in [0.25, 0.3) is 0 Å². The summed E-state index contributed by atoms with van der Waals surface area (Å²) in [6, 6.07) is 7.83. The lowest BCUT2D eigenvalue weighted by Crippen LogP contribution is -2.29. The number of benzene rings is 1. The normalized spacial score (nSPS) is 12.8. The lowest BCUT2D eigenvalue weighted by molar-refractivity contribution is -0.153. The second-order valence-electron chi connectivity index (χ2n) is 4.20. The first-order chi connectivity index (χ1) is 7.49. The Morgan fingerprint density at radius 2 is 2.12 bits per heavy atom. The minimum Gasteiger partial charge on any atom is -0.479 e. The summed E-state index contributed by atoms with van der Waals surface area (Å²) in [6.45, 7) is 5.67. The van der Waals surface area contributed by atoms with Gasteiger partial charge in [-0.25, -0.2) is 4.79 Å². The van der Waals surface area contributed by atoms with Crippen molar-refractivity contribution in [3.05, 3.63) is 35.4 Å². The number of rotatable bonds is 5. The number of ether oxygens (including phenoxy) is 1. The third-order valence-electron chi connectivity index (χ3n) is 2.22. The van der Waals surface area contributed by atoms with Crippen molar-refractivity contribution in [3.8, 4) is 0 Å². The molecule has 16 heavy (non-hydrogen) atoms. The predicted molar refractivity (Wildman–Crippen MR) is 62.5 cm³/mol. The Bertz CT molecular complexity index is 358. The van der Waals surface area contributed by atoms with E-state index in [1.165, 1.54) is 0 Å². The Balaban J connectivity index is 2.71. The fourth-order valence-corrected chi connectivity index (χ4v) is 1.58. The number of aryl methyl sites for hydroxylation is 1. The molecule has 0 spiro atoms. The summed E-state index contributed by atoms with van der Waals surface area (Å²) in [7, 11) is 0. The fourth-order valence-electron chi connectivity index (χ4n) is 1.58. The van der Waals surface area contributed by atoms with Crippen molar-refractivity contribution in [2.45, 2.75) is 39.4 Å². The van der Waals surface area contributed by atoms with Gasteiger partial charge in [0.15, 0.2) is 6.10 Å². The maximum absolute atomic E-state index is 11.0. The molecule has 0 aliphatic rings. The second-order valence-corrected chi connectivity index (χ2v) is 4.20. The molecule has 0 saturated carbocycles. The van der Waals surface area contributed by atoms with Crippen molar-refractivity contribution in [1.29, 1.82) is 0 Å². The van der Waals surface area contributed by atoms with Gasteiger partial charge in [0.2, 0.25) is 0 Å². The van der Waals surface area contributed by atoms with Crippen LogP contribution in [0.1, 0.15) is 25.0 Å². The highest BCUT2D eigenvalue weighted by Crippen LogP contribution is 2.10. The molecule has 0 aromatic heterocycles. The average molecular weight is 222 g/mol. The number of carboxylic acids is 1. The molecule has 0 aliphatic heterocycles. The smallest absolute Gasteiger partial charge is 0.333 e. The molecule has 88 valence electrons. The first kappa shape index (κ1) is 12.7. The summed E-state index contributed by atoms with van der Waals surface area (Å²) in [5.41, 5.74) is 2.12. The molecule has 0 heterocycles. The number of carboxylic acid groups (broad SMARTS) is 1. The standard InChI is InChI=1S/C13H18O3/c1-9(2)16-12(13(14)15)8-11-6-4-5-10(3)7-11/h4-7,9,12H,8H2,1-3H3,(H,14,15)/t12-/m0/s1. The van der Waals surface area contributed by atoms with Gasteiger partial charge >= 0.3 is 5.97 Å². The molecule has 0 aliphatic carbocycles. The number of hydrogen-bond acceptors (Lipinski definition) is 2. The van der Waals surface area contributed by atoms with Crippen LogP contribution in [0.15, 0.2) is 24.3 Å². The van der Waals surface area contributed by atoms with E-state index < -0.39 is 12.1 Å². The van der Waals surface area contributed by atoms with E-state index in [0.29, 0.717) is 6.42 Å². The van der Waals surface area contributed by atoms with Crippen molar-refractivity contribution in [2.24, 2.45) is 0 Å². The zero-order valence-corrected chi connectivity index (χ0v) is 9.93. The Labute approximate surface area is 96.1 Å². The van der Waals surface area contributed by atoms with Crippen LogP contribution in [-0.2, 0) is 16.0 Å². The maximum atomic E-state index is 11.0. The van der Waals surface area contributed by atoms with Gasteiger partial charge in [-0.1, -0.05) is 29.8 Å². The van der Waals surface area contributed by atoms with Crippen LogP contribution in [0.5, 0.6) is 0 Å². The van der Waals surface area contributed by atoms with Gasteiger partial charge in [-0.05, 0) is 26.3 Å². The molecule has 0 radical (unpaired) electrons. The Hall–Kier alpha value is -1.35. The van der Waals surface area contributed by atoms with Gasteiger partial charge in [0.1, 0.15) is 0 Å². The minimum atomic E-state index is -0.907.